The highest BCUT2D eigenvalue weighted by Crippen LogP contribution is 2.17. The van der Waals surface area contributed by atoms with Crippen LogP contribution in [-0.4, -0.2) is 38.5 Å². The highest BCUT2D eigenvalue weighted by Gasteiger charge is 2.17. The Kier molecular flexibility index (Phi) is 6.51. The molecule has 1 amide bonds. The number of carbonyl (C=O) groups excluding carboxylic acids is 2. The molecular formula is C20H24N2O4S. The second-order valence-corrected chi connectivity index (χ2v) is 8.73. The van der Waals surface area contributed by atoms with Crippen LogP contribution in [0.3, 0.4) is 0 Å². The van der Waals surface area contributed by atoms with Crippen LogP contribution in [0.2, 0.25) is 0 Å². The Morgan fingerprint density at radius 3 is 2.11 bits per heavy atom. The van der Waals surface area contributed by atoms with Crippen molar-refractivity contribution in [3.63, 3.8) is 0 Å². The molecule has 0 fully saturated rings. The molecule has 0 unspecified atom stereocenters. The van der Waals surface area contributed by atoms with E-state index in [2.05, 4.69) is 5.32 Å². The fraction of sp³-hybridized carbons (Fsp3) is 0.300. The monoisotopic (exact) mass is 388 g/mol. The van der Waals surface area contributed by atoms with Gasteiger partial charge >= 0.3 is 0 Å². The average molecular weight is 388 g/mol. The van der Waals surface area contributed by atoms with Crippen molar-refractivity contribution in [1.29, 1.82) is 0 Å². The number of carbonyl (C=O) groups is 2. The molecule has 0 saturated carbocycles. The number of hydrogen-bond acceptors (Lipinski definition) is 4. The van der Waals surface area contributed by atoms with Gasteiger partial charge in [0.25, 0.3) is 0 Å². The number of anilines is 1. The van der Waals surface area contributed by atoms with E-state index in [1.807, 2.05) is 26.0 Å². The topological polar surface area (TPSA) is 83.5 Å². The molecule has 0 aliphatic rings. The van der Waals surface area contributed by atoms with Gasteiger partial charge in [0.15, 0.2) is 5.78 Å². The molecule has 6 nitrogen and oxygen atoms in total. The summed E-state index contributed by atoms with van der Waals surface area (Å²) >= 11 is 0. The SMILES string of the molecule is Cc1ccc(C(=O)CCC(=O)Nc2ccc(S(=O)(=O)N(C)C)cc2)cc1C. The molecule has 2 aromatic carbocycles. The standard InChI is InChI=1S/C20H24N2O4S/c1-14-5-6-16(13-15(14)2)19(23)11-12-20(24)21-17-7-9-18(10-8-17)27(25,26)22(3)4/h5-10,13H,11-12H2,1-4H3,(H,21,24). The third kappa shape index (κ3) is 5.24. The molecule has 0 heterocycles. The van der Waals surface area contributed by atoms with Gasteiger partial charge in [-0.15, -0.1) is 0 Å². The van der Waals surface area contributed by atoms with Gasteiger partial charge in [-0.05, 0) is 55.3 Å². The Bertz CT molecular complexity index is 948. The van der Waals surface area contributed by atoms with Crippen molar-refractivity contribution in [2.45, 2.75) is 31.6 Å². The van der Waals surface area contributed by atoms with Gasteiger partial charge in [-0.3, -0.25) is 9.59 Å². The molecule has 0 atom stereocenters. The maximum absolute atomic E-state index is 12.2. The lowest BCUT2D eigenvalue weighted by Gasteiger charge is -2.12. The number of amides is 1. The van der Waals surface area contributed by atoms with Gasteiger partial charge < -0.3 is 5.32 Å². The molecule has 0 aliphatic carbocycles. The van der Waals surface area contributed by atoms with Gasteiger partial charge in [0.1, 0.15) is 0 Å². The molecule has 0 radical (unpaired) electrons. The van der Waals surface area contributed by atoms with Crippen molar-refractivity contribution in [3.8, 4) is 0 Å². The first-order valence-corrected chi connectivity index (χ1v) is 9.98. The summed E-state index contributed by atoms with van der Waals surface area (Å²) in [5.41, 5.74) is 3.24. The zero-order valence-corrected chi connectivity index (χ0v) is 16.8. The second kappa shape index (κ2) is 8.45. The Balaban J connectivity index is 1.94. The molecule has 2 rings (SSSR count). The van der Waals surface area contributed by atoms with E-state index in [0.717, 1.165) is 15.4 Å². The number of Topliss-reactive ketones (excluding diaryl/α,β-unsaturated/α-hetero) is 1. The number of nitrogens with one attached hydrogen (secondary N) is 1. The summed E-state index contributed by atoms with van der Waals surface area (Å²) in [5.74, 6) is -0.379. The van der Waals surface area contributed by atoms with Crippen molar-refractivity contribution in [3.05, 3.63) is 59.2 Å². The molecule has 27 heavy (non-hydrogen) atoms. The first-order valence-electron chi connectivity index (χ1n) is 8.54. The number of hydrogen-bond donors (Lipinski definition) is 1. The van der Waals surface area contributed by atoms with Crippen LogP contribution in [0, 0.1) is 13.8 Å². The highest BCUT2D eigenvalue weighted by atomic mass is 32.2. The Morgan fingerprint density at radius 2 is 1.56 bits per heavy atom. The molecule has 0 aliphatic heterocycles. The largest absolute Gasteiger partial charge is 0.326 e. The van der Waals surface area contributed by atoms with Crippen LogP contribution < -0.4 is 5.32 Å². The zero-order valence-electron chi connectivity index (χ0n) is 15.9. The second-order valence-electron chi connectivity index (χ2n) is 6.58. The first kappa shape index (κ1) is 20.8. The summed E-state index contributed by atoms with van der Waals surface area (Å²) in [5, 5.41) is 2.68. The number of ketones is 1. The number of rotatable bonds is 7. The molecule has 2 aromatic rings. The molecular weight excluding hydrogens is 364 g/mol. The lowest BCUT2D eigenvalue weighted by molar-refractivity contribution is -0.116. The molecule has 1 N–H and O–H groups in total. The average Bonchev–Trinajstić information content (AvgIpc) is 2.62. The minimum absolute atomic E-state index is 0.0590. The van der Waals surface area contributed by atoms with Gasteiger partial charge in [-0.2, -0.15) is 0 Å². The van der Waals surface area contributed by atoms with Crippen molar-refractivity contribution in [2.75, 3.05) is 19.4 Å². The van der Waals surface area contributed by atoms with E-state index in [1.54, 1.807) is 6.07 Å². The van der Waals surface area contributed by atoms with Gasteiger partial charge in [0.2, 0.25) is 15.9 Å². The van der Waals surface area contributed by atoms with E-state index in [1.165, 1.54) is 38.4 Å². The molecule has 0 bridgehead atoms. The van der Waals surface area contributed by atoms with Gasteiger partial charge in [-0.25, -0.2) is 12.7 Å². The Morgan fingerprint density at radius 1 is 0.926 bits per heavy atom. The minimum atomic E-state index is -3.50. The molecule has 7 heteroatoms. The Hall–Kier alpha value is -2.51. The quantitative estimate of drug-likeness (QED) is 0.739. The molecule has 0 aromatic heterocycles. The van der Waals surface area contributed by atoms with Crippen molar-refractivity contribution in [2.24, 2.45) is 0 Å². The number of sulfonamides is 1. The maximum atomic E-state index is 12.2. The van der Waals surface area contributed by atoms with Crippen molar-refractivity contribution < 1.29 is 18.0 Å². The first-order chi connectivity index (χ1) is 12.6. The van der Waals surface area contributed by atoms with Crippen LogP contribution in [0.1, 0.15) is 34.3 Å². The van der Waals surface area contributed by atoms with Gasteiger partial charge in [0.05, 0.1) is 4.90 Å². The predicted molar refractivity (Wildman–Crippen MR) is 105 cm³/mol. The number of aryl methyl sites for hydroxylation is 2. The van der Waals surface area contributed by atoms with Crippen LogP contribution in [0.25, 0.3) is 0 Å². The summed E-state index contributed by atoms with van der Waals surface area (Å²) in [6.07, 6.45) is 0.172. The van der Waals surface area contributed by atoms with Crippen molar-refractivity contribution in [1.82, 2.24) is 4.31 Å². The van der Waals surface area contributed by atoms with Crippen molar-refractivity contribution >= 4 is 27.4 Å². The van der Waals surface area contributed by atoms with E-state index in [4.69, 9.17) is 0 Å². The third-order valence-corrected chi connectivity index (χ3v) is 6.15. The summed E-state index contributed by atoms with van der Waals surface area (Å²) in [6.45, 7) is 3.92. The fourth-order valence-corrected chi connectivity index (χ4v) is 3.33. The normalized spacial score (nSPS) is 11.4. The van der Waals surface area contributed by atoms with E-state index in [9.17, 15) is 18.0 Å². The van der Waals surface area contributed by atoms with E-state index in [-0.39, 0.29) is 29.4 Å². The summed E-state index contributed by atoms with van der Waals surface area (Å²) in [4.78, 5) is 24.5. The van der Waals surface area contributed by atoms with Gasteiger partial charge in [0, 0.05) is 38.2 Å². The lowest BCUT2D eigenvalue weighted by atomic mass is 10.0. The summed E-state index contributed by atoms with van der Waals surface area (Å²) in [7, 11) is -0.593. The van der Waals surface area contributed by atoms with Crippen LogP contribution >= 0.6 is 0 Å². The fourth-order valence-electron chi connectivity index (χ4n) is 2.43. The van der Waals surface area contributed by atoms with Crippen LogP contribution in [0.5, 0.6) is 0 Å². The van der Waals surface area contributed by atoms with Crippen LogP contribution in [0.4, 0.5) is 5.69 Å². The Labute approximate surface area is 160 Å². The number of benzene rings is 2. The molecule has 0 saturated heterocycles. The van der Waals surface area contributed by atoms with E-state index >= 15 is 0 Å². The van der Waals surface area contributed by atoms with Gasteiger partial charge in [-0.1, -0.05) is 12.1 Å². The third-order valence-electron chi connectivity index (χ3n) is 4.32. The lowest BCUT2D eigenvalue weighted by Crippen LogP contribution is -2.22. The highest BCUT2D eigenvalue weighted by molar-refractivity contribution is 7.89. The molecule has 144 valence electrons. The minimum Gasteiger partial charge on any atom is -0.326 e. The molecule has 0 spiro atoms. The van der Waals surface area contributed by atoms with Crippen LogP contribution in [0.15, 0.2) is 47.4 Å². The predicted octanol–water partition coefficient (Wildman–Crippen LogP) is 3.16. The number of nitrogens with zero attached hydrogens (tertiary/aromatic N) is 1. The smallest absolute Gasteiger partial charge is 0.242 e. The maximum Gasteiger partial charge on any atom is 0.242 e. The van der Waals surface area contributed by atoms with Crippen LogP contribution in [-0.2, 0) is 14.8 Å². The van der Waals surface area contributed by atoms with E-state index in [0.29, 0.717) is 11.3 Å². The summed E-state index contributed by atoms with van der Waals surface area (Å²) in [6, 6.07) is 11.4. The van der Waals surface area contributed by atoms with E-state index < -0.39 is 10.0 Å². The summed E-state index contributed by atoms with van der Waals surface area (Å²) < 4.78 is 25.2. The zero-order chi connectivity index (χ0) is 20.2.